The summed E-state index contributed by atoms with van der Waals surface area (Å²) >= 11 is 9.78. The molecule has 0 aliphatic carbocycles. The molecular weight excluding hydrogens is 318 g/mol. The Morgan fingerprint density at radius 2 is 2.14 bits per heavy atom. The van der Waals surface area contributed by atoms with Crippen molar-refractivity contribution in [3.63, 3.8) is 0 Å². The highest BCUT2D eigenvalue weighted by molar-refractivity contribution is 8.13. The highest BCUT2D eigenvalue weighted by atomic mass is 35.5. The largest absolute Gasteiger partial charge is 0.245 e. The number of hydrogen-bond acceptors (Lipinski definition) is 3. The first-order valence-electron chi connectivity index (χ1n) is 6.89. The second-order valence-electron chi connectivity index (χ2n) is 4.99. The average molecular weight is 334 g/mol. The zero-order valence-electron chi connectivity index (χ0n) is 11.8. The topological polar surface area (TPSA) is 12.4 Å². The van der Waals surface area contributed by atoms with Crippen molar-refractivity contribution in [2.45, 2.75) is 24.0 Å². The fraction of sp³-hybridized carbons (Fsp3) is 0.235. The lowest BCUT2D eigenvalue weighted by atomic mass is 10.2. The quantitative estimate of drug-likeness (QED) is 0.657. The smallest absolute Gasteiger partial charge is 0.0789 e. The van der Waals surface area contributed by atoms with Crippen LogP contribution in [0.3, 0.4) is 0 Å². The SMILES string of the molecule is Cc1cccc(CSC2=Nc3cc(Cl)ccc3SCC2)c1. The van der Waals surface area contributed by atoms with Gasteiger partial charge in [-0.3, -0.25) is 0 Å². The number of benzene rings is 2. The van der Waals surface area contributed by atoms with Gasteiger partial charge in [0.1, 0.15) is 0 Å². The standard InChI is InChI=1S/C17H16ClNS2/c1-12-3-2-4-13(9-12)11-21-17-7-8-20-16-6-5-14(18)10-15(16)19-17/h2-6,9-10H,7-8,11H2,1H3. The number of aryl methyl sites for hydroxylation is 1. The van der Waals surface area contributed by atoms with E-state index in [4.69, 9.17) is 16.6 Å². The maximum Gasteiger partial charge on any atom is 0.0789 e. The maximum atomic E-state index is 6.08. The van der Waals surface area contributed by atoms with Crippen molar-refractivity contribution < 1.29 is 0 Å². The number of hydrogen-bond donors (Lipinski definition) is 0. The summed E-state index contributed by atoms with van der Waals surface area (Å²) in [6, 6.07) is 14.6. The van der Waals surface area contributed by atoms with Gasteiger partial charge in [0.05, 0.1) is 10.7 Å². The summed E-state index contributed by atoms with van der Waals surface area (Å²) in [7, 11) is 0. The van der Waals surface area contributed by atoms with Crippen molar-refractivity contribution in [2.24, 2.45) is 4.99 Å². The molecule has 0 N–H and O–H groups in total. The summed E-state index contributed by atoms with van der Waals surface area (Å²) in [5.74, 6) is 2.05. The molecule has 2 aromatic carbocycles. The molecule has 0 atom stereocenters. The Kier molecular flexibility index (Phi) is 4.94. The van der Waals surface area contributed by atoms with E-state index in [0.717, 1.165) is 28.6 Å². The van der Waals surface area contributed by atoms with E-state index < -0.39 is 0 Å². The van der Waals surface area contributed by atoms with E-state index in [1.165, 1.54) is 21.1 Å². The van der Waals surface area contributed by atoms with E-state index in [0.29, 0.717) is 0 Å². The summed E-state index contributed by atoms with van der Waals surface area (Å²) < 4.78 is 0. The third-order valence-electron chi connectivity index (χ3n) is 3.23. The van der Waals surface area contributed by atoms with Gasteiger partial charge < -0.3 is 0 Å². The van der Waals surface area contributed by atoms with Gasteiger partial charge in [-0.15, -0.1) is 23.5 Å². The Morgan fingerprint density at radius 3 is 3.00 bits per heavy atom. The molecular formula is C17H16ClNS2. The number of aliphatic imine (C=N–C) groups is 1. The van der Waals surface area contributed by atoms with Crippen LogP contribution in [0, 0.1) is 6.92 Å². The zero-order valence-corrected chi connectivity index (χ0v) is 14.2. The van der Waals surface area contributed by atoms with Crippen LogP contribution < -0.4 is 0 Å². The van der Waals surface area contributed by atoms with Crippen LogP contribution >= 0.6 is 35.1 Å². The Morgan fingerprint density at radius 1 is 1.24 bits per heavy atom. The first kappa shape index (κ1) is 15.0. The minimum Gasteiger partial charge on any atom is -0.245 e. The number of rotatable bonds is 2. The summed E-state index contributed by atoms with van der Waals surface area (Å²) in [6.07, 6.45) is 1.02. The summed E-state index contributed by atoms with van der Waals surface area (Å²) in [5.41, 5.74) is 3.67. The van der Waals surface area contributed by atoms with Crippen LogP contribution in [0.25, 0.3) is 0 Å². The number of nitrogens with zero attached hydrogens (tertiary/aromatic N) is 1. The second-order valence-corrected chi connectivity index (χ2v) is 7.62. The number of fused-ring (bicyclic) bond motifs is 1. The van der Waals surface area contributed by atoms with Gasteiger partial charge in [0.15, 0.2) is 0 Å². The fourth-order valence-corrected chi connectivity index (χ4v) is 4.36. The molecule has 1 aliphatic heterocycles. The maximum absolute atomic E-state index is 6.08. The van der Waals surface area contributed by atoms with Crippen molar-refractivity contribution in [3.05, 3.63) is 58.6 Å². The van der Waals surface area contributed by atoms with Crippen molar-refractivity contribution in [1.29, 1.82) is 0 Å². The summed E-state index contributed by atoms with van der Waals surface area (Å²) in [6.45, 7) is 2.13. The molecule has 0 aromatic heterocycles. The van der Waals surface area contributed by atoms with E-state index in [9.17, 15) is 0 Å². The van der Waals surface area contributed by atoms with E-state index in [1.807, 2.05) is 35.7 Å². The van der Waals surface area contributed by atoms with Crippen molar-refractivity contribution in [2.75, 3.05) is 5.75 Å². The normalized spacial score (nSPS) is 14.3. The molecule has 0 fully saturated rings. The van der Waals surface area contributed by atoms with Gasteiger partial charge in [0.25, 0.3) is 0 Å². The Bertz CT molecular complexity index is 682. The molecule has 1 aliphatic rings. The monoisotopic (exact) mass is 333 g/mol. The first-order valence-corrected chi connectivity index (χ1v) is 9.24. The highest BCUT2D eigenvalue weighted by Gasteiger charge is 2.11. The van der Waals surface area contributed by atoms with Crippen LogP contribution in [-0.2, 0) is 5.75 Å². The molecule has 2 aromatic rings. The minimum absolute atomic E-state index is 0.753. The molecule has 4 heteroatoms. The van der Waals surface area contributed by atoms with Gasteiger partial charge in [-0.25, -0.2) is 4.99 Å². The Hall–Kier alpha value is -0.900. The molecule has 0 amide bonds. The zero-order chi connectivity index (χ0) is 14.7. The molecule has 1 heterocycles. The fourth-order valence-electron chi connectivity index (χ4n) is 2.21. The second kappa shape index (κ2) is 6.91. The van der Waals surface area contributed by atoms with Crippen molar-refractivity contribution in [3.8, 4) is 0 Å². The summed E-state index contributed by atoms with van der Waals surface area (Å²) in [5, 5.41) is 1.95. The minimum atomic E-state index is 0.753. The molecule has 0 unspecified atom stereocenters. The third-order valence-corrected chi connectivity index (χ3v) is 5.63. The lowest BCUT2D eigenvalue weighted by molar-refractivity contribution is 1.33. The highest BCUT2D eigenvalue weighted by Crippen LogP contribution is 2.36. The third kappa shape index (κ3) is 4.06. The van der Waals surface area contributed by atoms with Gasteiger partial charge in [-0.05, 0) is 30.7 Å². The lowest BCUT2D eigenvalue weighted by Gasteiger charge is -2.05. The van der Waals surface area contributed by atoms with Crippen molar-refractivity contribution >= 4 is 45.9 Å². The van der Waals surface area contributed by atoms with Gasteiger partial charge in [0.2, 0.25) is 0 Å². The van der Waals surface area contributed by atoms with Crippen LogP contribution in [0.1, 0.15) is 17.5 Å². The molecule has 0 bridgehead atoms. The molecule has 0 radical (unpaired) electrons. The van der Waals surface area contributed by atoms with E-state index in [-0.39, 0.29) is 0 Å². The van der Waals surface area contributed by atoms with Gasteiger partial charge in [-0.2, -0.15) is 0 Å². The molecule has 108 valence electrons. The van der Waals surface area contributed by atoms with Crippen LogP contribution in [0.4, 0.5) is 5.69 Å². The van der Waals surface area contributed by atoms with Crippen LogP contribution in [0.15, 0.2) is 52.4 Å². The lowest BCUT2D eigenvalue weighted by Crippen LogP contribution is -1.94. The first-order chi connectivity index (χ1) is 10.2. The molecule has 0 spiro atoms. The van der Waals surface area contributed by atoms with E-state index in [2.05, 4.69) is 37.3 Å². The van der Waals surface area contributed by atoms with Gasteiger partial charge in [-0.1, -0.05) is 41.4 Å². The summed E-state index contributed by atoms with van der Waals surface area (Å²) in [4.78, 5) is 6.04. The number of thioether (sulfide) groups is 2. The molecule has 21 heavy (non-hydrogen) atoms. The van der Waals surface area contributed by atoms with Crippen LogP contribution in [0.2, 0.25) is 5.02 Å². The van der Waals surface area contributed by atoms with Gasteiger partial charge >= 0.3 is 0 Å². The van der Waals surface area contributed by atoms with E-state index in [1.54, 1.807) is 0 Å². The Labute approximate surface area is 139 Å². The van der Waals surface area contributed by atoms with Gasteiger partial charge in [0, 0.05) is 27.8 Å². The van der Waals surface area contributed by atoms with Crippen molar-refractivity contribution in [1.82, 2.24) is 0 Å². The molecule has 0 saturated carbocycles. The van der Waals surface area contributed by atoms with Crippen LogP contribution in [0.5, 0.6) is 0 Å². The number of halogens is 1. The average Bonchev–Trinajstić information content (AvgIpc) is 2.66. The molecule has 3 rings (SSSR count). The Balaban J connectivity index is 1.76. The predicted molar refractivity (Wildman–Crippen MR) is 96.4 cm³/mol. The van der Waals surface area contributed by atoms with Crippen LogP contribution in [-0.4, -0.2) is 10.8 Å². The predicted octanol–water partition coefficient (Wildman–Crippen LogP) is 6.11. The van der Waals surface area contributed by atoms with E-state index >= 15 is 0 Å². The molecule has 0 saturated heterocycles. The molecule has 1 nitrogen and oxygen atoms in total.